The smallest absolute Gasteiger partial charge is 0.103 e. The van der Waals surface area contributed by atoms with Gasteiger partial charge in [0.15, 0.2) is 0 Å². The third-order valence-corrected chi connectivity index (χ3v) is 2.53. The van der Waals surface area contributed by atoms with E-state index in [2.05, 4.69) is 0 Å². The van der Waals surface area contributed by atoms with E-state index in [1.165, 1.54) is 6.20 Å². The Morgan fingerprint density at radius 3 is 3.00 bits per heavy atom. The Labute approximate surface area is 77.2 Å². The number of hydrazine groups is 1. The minimum atomic E-state index is 0.0995. The molecule has 13 heavy (non-hydrogen) atoms. The molecule has 2 aliphatic heterocycles. The molecule has 0 spiro atoms. The zero-order valence-corrected chi connectivity index (χ0v) is 7.48. The van der Waals surface area contributed by atoms with Crippen molar-refractivity contribution in [1.82, 2.24) is 5.01 Å². The predicted molar refractivity (Wildman–Crippen MR) is 47.3 cm³/mol. The third kappa shape index (κ3) is 1.63. The first-order valence-corrected chi connectivity index (χ1v) is 4.47. The summed E-state index contributed by atoms with van der Waals surface area (Å²) in [6.07, 6.45) is 2.73. The topological polar surface area (TPSA) is 73.7 Å². The van der Waals surface area contributed by atoms with Crippen LogP contribution in [0.1, 0.15) is 6.42 Å². The first-order valence-electron chi connectivity index (χ1n) is 4.47. The maximum absolute atomic E-state index is 5.77. The van der Waals surface area contributed by atoms with Crippen LogP contribution >= 0.6 is 0 Å². The molecule has 0 amide bonds. The molecule has 0 saturated carbocycles. The Morgan fingerprint density at radius 2 is 2.23 bits per heavy atom. The molecule has 2 rings (SSSR count). The SMILES string of the molecule is N/C=C1/CO[C@@H]2CCO[C@@H]2CN1N. The average molecular weight is 185 g/mol. The Morgan fingerprint density at radius 1 is 1.38 bits per heavy atom. The van der Waals surface area contributed by atoms with Crippen LogP contribution in [0.15, 0.2) is 11.9 Å². The van der Waals surface area contributed by atoms with Gasteiger partial charge in [-0.1, -0.05) is 0 Å². The monoisotopic (exact) mass is 185 g/mol. The van der Waals surface area contributed by atoms with Crippen LogP contribution in [0.4, 0.5) is 0 Å². The Bertz CT molecular complexity index is 219. The molecule has 2 aliphatic rings. The summed E-state index contributed by atoms with van der Waals surface area (Å²) in [5.41, 5.74) is 6.23. The van der Waals surface area contributed by atoms with E-state index in [-0.39, 0.29) is 12.2 Å². The summed E-state index contributed by atoms with van der Waals surface area (Å²) >= 11 is 0. The fourth-order valence-corrected chi connectivity index (χ4v) is 1.72. The number of hydrogen-bond donors (Lipinski definition) is 2. The summed E-state index contributed by atoms with van der Waals surface area (Å²) in [7, 11) is 0. The van der Waals surface area contributed by atoms with Crippen LogP contribution in [0.3, 0.4) is 0 Å². The van der Waals surface area contributed by atoms with Gasteiger partial charge in [0.1, 0.15) is 6.10 Å². The second kappa shape index (κ2) is 3.53. The van der Waals surface area contributed by atoms with Gasteiger partial charge in [0.25, 0.3) is 0 Å². The standard InChI is InChI=1S/C8H15N3O2/c9-3-6-5-13-7-1-2-12-8(7)4-11(6)10/h3,7-8H,1-2,4-5,9-10H2/b6-3-/t7-,8-/m1/s1. The number of hydrogen-bond acceptors (Lipinski definition) is 5. The second-order valence-corrected chi connectivity index (χ2v) is 3.36. The van der Waals surface area contributed by atoms with E-state index in [1.54, 1.807) is 5.01 Å². The molecule has 5 heteroatoms. The van der Waals surface area contributed by atoms with Crippen molar-refractivity contribution in [2.24, 2.45) is 11.6 Å². The van der Waals surface area contributed by atoms with Gasteiger partial charge >= 0.3 is 0 Å². The third-order valence-electron chi connectivity index (χ3n) is 2.53. The van der Waals surface area contributed by atoms with Crippen LogP contribution in [-0.4, -0.2) is 37.0 Å². The quantitative estimate of drug-likeness (QED) is 0.481. The molecule has 0 bridgehead atoms. The summed E-state index contributed by atoms with van der Waals surface area (Å²) in [6.45, 7) is 1.91. The van der Waals surface area contributed by atoms with Gasteiger partial charge in [0, 0.05) is 12.8 Å². The highest BCUT2D eigenvalue weighted by Crippen LogP contribution is 2.22. The van der Waals surface area contributed by atoms with Crippen molar-refractivity contribution in [2.45, 2.75) is 18.6 Å². The molecule has 0 aromatic heterocycles. The van der Waals surface area contributed by atoms with Crippen molar-refractivity contribution in [3.63, 3.8) is 0 Å². The second-order valence-electron chi connectivity index (χ2n) is 3.36. The lowest BCUT2D eigenvalue weighted by Crippen LogP contribution is -2.38. The summed E-state index contributed by atoms with van der Waals surface area (Å²) in [5.74, 6) is 5.77. The van der Waals surface area contributed by atoms with E-state index in [0.29, 0.717) is 13.2 Å². The van der Waals surface area contributed by atoms with Gasteiger partial charge in [-0.15, -0.1) is 0 Å². The van der Waals surface area contributed by atoms with Gasteiger partial charge in [0.2, 0.25) is 0 Å². The van der Waals surface area contributed by atoms with Crippen LogP contribution in [0.5, 0.6) is 0 Å². The minimum absolute atomic E-state index is 0.0995. The Hall–Kier alpha value is -0.780. The summed E-state index contributed by atoms with van der Waals surface area (Å²) in [6, 6.07) is 0. The number of ether oxygens (including phenoxy) is 2. The zero-order chi connectivity index (χ0) is 9.26. The highest BCUT2D eigenvalue weighted by molar-refractivity contribution is 5.01. The van der Waals surface area contributed by atoms with Crippen molar-refractivity contribution < 1.29 is 9.47 Å². The normalized spacial score (nSPS) is 37.6. The van der Waals surface area contributed by atoms with E-state index in [1.807, 2.05) is 0 Å². The Balaban J connectivity index is 2.07. The Kier molecular flexibility index (Phi) is 2.39. The van der Waals surface area contributed by atoms with Gasteiger partial charge in [0.05, 0.1) is 25.0 Å². The van der Waals surface area contributed by atoms with Crippen LogP contribution in [-0.2, 0) is 9.47 Å². The average Bonchev–Trinajstić information content (AvgIpc) is 2.48. The van der Waals surface area contributed by atoms with Gasteiger partial charge in [-0.05, 0) is 6.42 Å². The maximum Gasteiger partial charge on any atom is 0.103 e. The summed E-state index contributed by atoms with van der Waals surface area (Å²) in [4.78, 5) is 0. The van der Waals surface area contributed by atoms with E-state index in [4.69, 9.17) is 21.1 Å². The molecule has 0 aromatic carbocycles. The lowest BCUT2D eigenvalue weighted by Gasteiger charge is -2.20. The van der Waals surface area contributed by atoms with Crippen LogP contribution < -0.4 is 11.6 Å². The number of fused-ring (bicyclic) bond motifs is 1. The summed E-state index contributed by atoms with van der Waals surface area (Å²) in [5, 5.41) is 1.61. The first kappa shape index (κ1) is 8.80. The van der Waals surface area contributed by atoms with Crippen molar-refractivity contribution >= 4 is 0 Å². The predicted octanol–water partition coefficient (Wildman–Crippen LogP) is -0.850. The summed E-state index contributed by atoms with van der Waals surface area (Å²) < 4.78 is 11.1. The molecule has 74 valence electrons. The van der Waals surface area contributed by atoms with E-state index < -0.39 is 0 Å². The molecular weight excluding hydrogens is 170 g/mol. The van der Waals surface area contributed by atoms with Crippen molar-refractivity contribution in [3.05, 3.63) is 11.9 Å². The fourth-order valence-electron chi connectivity index (χ4n) is 1.72. The minimum Gasteiger partial charge on any atom is -0.403 e. The molecule has 2 heterocycles. The largest absolute Gasteiger partial charge is 0.403 e. The van der Waals surface area contributed by atoms with Crippen molar-refractivity contribution in [3.8, 4) is 0 Å². The van der Waals surface area contributed by atoms with Crippen molar-refractivity contribution in [2.75, 3.05) is 19.8 Å². The van der Waals surface area contributed by atoms with Gasteiger partial charge in [-0.3, -0.25) is 0 Å². The fraction of sp³-hybridized carbons (Fsp3) is 0.750. The highest BCUT2D eigenvalue weighted by Gasteiger charge is 2.33. The van der Waals surface area contributed by atoms with E-state index >= 15 is 0 Å². The highest BCUT2D eigenvalue weighted by atomic mass is 16.6. The molecule has 0 aromatic rings. The number of nitrogens with zero attached hydrogens (tertiary/aromatic N) is 1. The molecule has 2 fully saturated rings. The first-order chi connectivity index (χ1) is 6.31. The van der Waals surface area contributed by atoms with E-state index in [0.717, 1.165) is 18.7 Å². The number of nitrogens with two attached hydrogens (primary N) is 2. The van der Waals surface area contributed by atoms with Gasteiger partial charge in [-0.2, -0.15) is 0 Å². The molecule has 4 N–H and O–H groups in total. The number of rotatable bonds is 0. The maximum atomic E-state index is 5.77. The lowest BCUT2D eigenvalue weighted by molar-refractivity contribution is 0.0101. The molecule has 0 aliphatic carbocycles. The molecule has 2 saturated heterocycles. The molecule has 0 unspecified atom stereocenters. The van der Waals surface area contributed by atoms with Crippen LogP contribution in [0, 0.1) is 0 Å². The molecular formula is C8H15N3O2. The van der Waals surface area contributed by atoms with Gasteiger partial charge < -0.3 is 20.2 Å². The lowest BCUT2D eigenvalue weighted by atomic mass is 10.2. The van der Waals surface area contributed by atoms with Gasteiger partial charge in [-0.25, -0.2) is 5.84 Å². The zero-order valence-electron chi connectivity index (χ0n) is 7.48. The van der Waals surface area contributed by atoms with Crippen molar-refractivity contribution in [1.29, 1.82) is 0 Å². The molecule has 0 radical (unpaired) electrons. The van der Waals surface area contributed by atoms with Crippen LogP contribution in [0.2, 0.25) is 0 Å². The molecule has 5 nitrogen and oxygen atoms in total. The molecule has 2 atom stereocenters. The van der Waals surface area contributed by atoms with Crippen LogP contribution in [0.25, 0.3) is 0 Å². The van der Waals surface area contributed by atoms with E-state index in [9.17, 15) is 0 Å².